The van der Waals surface area contributed by atoms with Crippen LogP contribution in [0.2, 0.25) is 0 Å². The lowest BCUT2D eigenvalue weighted by molar-refractivity contribution is -0.385. The molecular weight excluding hydrogens is 292 g/mol. The minimum atomic E-state index is -0.473. The maximum Gasteiger partial charge on any atom is 0.273 e. The molecule has 0 aromatic heterocycles. The Balaban J connectivity index is 2.25. The van der Waals surface area contributed by atoms with Crippen LogP contribution in [-0.2, 0) is 0 Å². The summed E-state index contributed by atoms with van der Waals surface area (Å²) in [4.78, 5) is 23.0. The number of hydrogen-bond acceptors (Lipinski definition) is 3. The highest BCUT2D eigenvalue weighted by atomic mass is 16.6. The molecule has 1 amide bonds. The molecule has 0 saturated heterocycles. The fourth-order valence-corrected chi connectivity index (χ4v) is 2.73. The molecule has 5 heteroatoms. The van der Waals surface area contributed by atoms with E-state index in [2.05, 4.69) is 11.4 Å². The Labute approximate surface area is 135 Å². The normalized spacial score (nSPS) is 11.8. The van der Waals surface area contributed by atoms with Gasteiger partial charge >= 0.3 is 0 Å². The van der Waals surface area contributed by atoms with Crippen molar-refractivity contribution in [2.75, 3.05) is 0 Å². The van der Waals surface area contributed by atoms with Crippen LogP contribution >= 0.6 is 0 Å². The van der Waals surface area contributed by atoms with Crippen LogP contribution in [0.25, 0.3) is 0 Å². The maximum atomic E-state index is 12.5. The minimum Gasteiger partial charge on any atom is -0.345 e. The summed E-state index contributed by atoms with van der Waals surface area (Å²) in [5.74, 6) is -0.307. The zero-order valence-corrected chi connectivity index (χ0v) is 13.7. The third-order valence-electron chi connectivity index (χ3n) is 3.99. The van der Waals surface area contributed by atoms with E-state index in [1.807, 2.05) is 32.9 Å². The van der Waals surface area contributed by atoms with Crippen LogP contribution in [-0.4, -0.2) is 10.8 Å². The Morgan fingerprint density at radius 1 is 1.17 bits per heavy atom. The molecule has 0 fully saturated rings. The molecule has 0 aliphatic rings. The summed E-state index contributed by atoms with van der Waals surface area (Å²) in [6, 6.07) is 10.4. The highest BCUT2D eigenvalue weighted by Gasteiger charge is 2.19. The van der Waals surface area contributed by atoms with Gasteiger partial charge in [0.15, 0.2) is 0 Å². The molecule has 0 saturated carbocycles. The molecule has 0 radical (unpaired) electrons. The Morgan fingerprint density at radius 2 is 1.87 bits per heavy atom. The van der Waals surface area contributed by atoms with Gasteiger partial charge in [-0.25, -0.2) is 0 Å². The van der Waals surface area contributed by atoms with E-state index in [-0.39, 0.29) is 17.6 Å². The molecule has 1 N–H and O–H groups in total. The molecule has 0 aliphatic carbocycles. The van der Waals surface area contributed by atoms with E-state index in [9.17, 15) is 14.9 Å². The second-order valence-electron chi connectivity index (χ2n) is 5.76. The van der Waals surface area contributed by atoms with E-state index in [4.69, 9.17) is 0 Å². The van der Waals surface area contributed by atoms with Crippen LogP contribution < -0.4 is 5.32 Å². The lowest BCUT2D eigenvalue weighted by Crippen LogP contribution is -2.27. The Kier molecular flexibility index (Phi) is 4.79. The number of benzene rings is 2. The van der Waals surface area contributed by atoms with Crippen LogP contribution in [0.4, 0.5) is 5.69 Å². The molecular formula is C18H20N2O3. The smallest absolute Gasteiger partial charge is 0.273 e. The van der Waals surface area contributed by atoms with Crippen molar-refractivity contribution < 1.29 is 9.72 Å². The number of hydrogen-bond donors (Lipinski definition) is 1. The number of rotatable bonds is 4. The minimum absolute atomic E-state index is 0.0446. The van der Waals surface area contributed by atoms with Gasteiger partial charge < -0.3 is 5.32 Å². The van der Waals surface area contributed by atoms with Crippen molar-refractivity contribution >= 4 is 11.6 Å². The summed E-state index contributed by atoms with van der Waals surface area (Å²) >= 11 is 0. The first-order valence-corrected chi connectivity index (χ1v) is 7.43. The molecule has 2 rings (SSSR count). The Bertz CT molecular complexity index is 769. The van der Waals surface area contributed by atoms with Crippen LogP contribution in [0.15, 0.2) is 36.4 Å². The summed E-state index contributed by atoms with van der Waals surface area (Å²) in [6.45, 7) is 7.52. The van der Waals surface area contributed by atoms with Gasteiger partial charge in [0, 0.05) is 17.2 Å². The van der Waals surface area contributed by atoms with E-state index in [0.29, 0.717) is 11.1 Å². The lowest BCUT2D eigenvalue weighted by atomic mass is 9.99. The second kappa shape index (κ2) is 6.60. The Morgan fingerprint density at radius 3 is 2.48 bits per heavy atom. The molecule has 1 atom stereocenters. The molecule has 0 aliphatic heterocycles. The van der Waals surface area contributed by atoms with E-state index in [1.54, 1.807) is 13.0 Å². The largest absolute Gasteiger partial charge is 0.345 e. The number of aryl methyl sites for hydroxylation is 2. The van der Waals surface area contributed by atoms with Gasteiger partial charge in [0.05, 0.1) is 11.0 Å². The average molecular weight is 312 g/mol. The molecule has 2 aromatic rings. The topological polar surface area (TPSA) is 72.2 Å². The number of carbonyl (C=O) groups excluding carboxylic acids is 1. The molecule has 120 valence electrons. The number of carbonyl (C=O) groups is 1. The molecule has 0 unspecified atom stereocenters. The fraction of sp³-hybridized carbons (Fsp3) is 0.278. The summed E-state index contributed by atoms with van der Waals surface area (Å²) < 4.78 is 0. The number of nitrogens with one attached hydrogen (secondary N) is 1. The first kappa shape index (κ1) is 16.7. The van der Waals surface area contributed by atoms with Crippen LogP contribution in [0, 0.1) is 30.9 Å². The maximum absolute atomic E-state index is 12.5. The number of nitrogens with zero attached hydrogens (tertiary/aromatic N) is 1. The van der Waals surface area contributed by atoms with Gasteiger partial charge in [-0.3, -0.25) is 14.9 Å². The van der Waals surface area contributed by atoms with Gasteiger partial charge in [-0.15, -0.1) is 0 Å². The summed E-state index contributed by atoms with van der Waals surface area (Å²) in [5.41, 5.74) is 3.97. The van der Waals surface area contributed by atoms with Gasteiger partial charge in [0.2, 0.25) is 0 Å². The summed E-state index contributed by atoms with van der Waals surface area (Å²) in [6.07, 6.45) is 0. The van der Waals surface area contributed by atoms with Crippen LogP contribution in [0.1, 0.15) is 45.6 Å². The van der Waals surface area contributed by atoms with Gasteiger partial charge in [0.25, 0.3) is 11.6 Å². The SMILES string of the molecule is Cc1ccc([C@H](C)NC(=O)c2cccc([N+](=O)[O-])c2C)c(C)c1. The van der Waals surface area contributed by atoms with Gasteiger partial charge in [-0.2, -0.15) is 0 Å². The van der Waals surface area contributed by atoms with Crippen molar-refractivity contribution in [1.29, 1.82) is 0 Å². The van der Waals surface area contributed by atoms with Crippen molar-refractivity contribution in [1.82, 2.24) is 5.32 Å². The van der Waals surface area contributed by atoms with Crippen molar-refractivity contribution in [2.24, 2.45) is 0 Å². The van der Waals surface area contributed by atoms with Crippen LogP contribution in [0.5, 0.6) is 0 Å². The van der Waals surface area contributed by atoms with E-state index in [1.165, 1.54) is 17.7 Å². The fourth-order valence-electron chi connectivity index (χ4n) is 2.73. The number of nitro benzene ring substituents is 1. The molecule has 0 bridgehead atoms. The monoisotopic (exact) mass is 312 g/mol. The Hall–Kier alpha value is -2.69. The highest BCUT2D eigenvalue weighted by molar-refractivity contribution is 5.96. The summed E-state index contributed by atoms with van der Waals surface area (Å²) in [5, 5.41) is 13.9. The highest BCUT2D eigenvalue weighted by Crippen LogP contribution is 2.23. The zero-order chi connectivity index (χ0) is 17.1. The molecule has 0 spiro atoms. The summed E-state index contributed by atoms with van der Waals surface area (Å²) in [7, 11) is 0. The van der Waals surface area contributed by atoms with Gasteiger partial charge in [-0.05, 0) is 44.9 Å². The van der Waals surface area contributed by atoms with Crippen LogP contribution in [0.3, 0.4) is 0 Å². The number of amides is 1. The zero-order valence-electron chi connectivity index (χ0n) is 13.7. The second-order valence-corrected chi connectivity index (χ2v) is 5.76. The lowest BCUT2D eigenvalue weighted by Gasteiger charge is -2.18. The van der Waals surface area contributed by atoms with Gasteiger partial charge in [-0.1, -0.05) is 29.8 Å². The van der Waals surface area contributed by atoms with Crippen molar-refractivity contribution in [2.45, 2.75) is 33.7 Å². The predicted molar refractivity (Wildman–Crippen MR) is 89.6 cm³/mol. The molecule has 0 heterocycles. The molecule has 23 heavy (non-hydrogen) atoms. The van der Waals surface area contributed by atoms with E-state index in [0.717, 1.165) is 11.1 Å². The standard InChI is InChI=1S/C18H20N2O3/c1-11-8-9-15(12(2)10-11)14(4)19-18(21)16-6-5-7-17(13(16)3)20(22)23/h5-10,14H,1-4H3,(H,19,21)/t14-/m0/s1. The molecule has 5 nitrogen and oxygen atoms in total. The first-order valence-electron chi connectivity index (χ1n) is 7.43. The van der Waals surface area contributed by atoms with E-state index < -0.39 is 4.92 Å². The first-order chi connectivity index (χ1) is 10.8. The van der Waals surface area contributed by atoms with Crippen molar-refractivity contribution in [3.8, 4) is 0 Å². The third-order valence-corrected chi connectivity index (χ3v) is 3.99. The quantitative estimate of drug-likeness (QED) is 0.685. The van der Waals surface area contributed by atoms with Crippen molar-refractivity contribution in [3.05, 3.63) is 74.3 Å². The van der Waals surface area contributed by atoms with Gasteiger partial charge in [0.1, 0.15) is 0 Å². The molecule has 2 aromatic carbocycles. The van der Waals surface area contributed by atoms with Crippen molar-refractivity contribution in [3.63, 3.8) is 0 Å². The average Bonchev–Trinajstić information content (AvgIpc) is 2.46. The van der Waals surface area contributed by atoms with E-state index >= 15 is 0 Å². The third kappa shape index (κ3) is 3.56. The predicted octanol–water partition coefficient (Wildman–Crippen LogP) is 4.01. The number of nitro groups is 1.